The predicted octanol–water partition coefficient (Wildman–Crippen LogP) is 18.7. The van der Waals surface area contributed by atoms with E-state index in [2.05, 4.69) is 258 Å². The number of anilines is 4. The van der Waals surface area contributed by atoms with Gasteiger partial charge < -0.3 is 9.80 Å². The van der Waals surface area contributed by atoms with Crippen molar-refractivity contribution in [1.82, 2.24) is 0 Å². The van der Waals surface area contributed by atoms with Gasteiger partial charge in [0.05, 0.1) is 22.7 Å². The van der Waals surface area contributed by atoms with Crippen molar-refractivity contribution in [1.29, 1.82) is 0 Å². The van der Waals surface area contributed by atoms with E-state index < -0.39 is 0 Å². The Hall–Kier alpha value is -5.42. The zero-order valence-electron chi connectivity index (χ0n) is 43.9. The van der Waals surface area contributed by atoms with Crippen LogP contribution in [0, 0.1) is 0 Å². The van der Waals surface area contributed by atoms with Crippen molar-refractivity contribution in [2.75, 3.05) is 16.5 Å². The number of nitrogens with zero attached hydrogens (tertiary/aromatic N) is 2. The molecule has 72 heavy (non-hydrogen) atoms. The van der Waals surface area contributed by atoms with Gasteiger partial charge in [-0.25, -0.2) is 0 Å². The van der Waals surface area contributed by atoms with Crippen LogP contribution < -0.4 is 9.80 Å². The Labute approximate surface area is 444 Å². The monoisotopic (exact) mass is 1070 g/mol. The lowest BCUT2D eigenvalue weighted by molar-refractivity contribution is 0.330. The van der Waals surface area contributed by atoms with Gasteiger partial charge in [0, 0.05) is 43.4 Å². The van der Waals surface area contributed by atoms with Crippen LogP contribution in [0.1, 0.15) is 196 Å². The number of hydrogen-bond acceptors (Lipinski definition) is 2. The maximum Gasteiger partial charge on any atom is 0.100 e. The van der Waals surface area contributed by atoms with Gasteiger partial charge in [0.25, 0.3) is 0 Å². The van der Waals surface area contributed by atoms with Crippen LogP contribution in [-0.4, -0.2) is 6.67 Å². The Morgan fingerprint density at radius 3 is 1.18 bits per heavy atom. The molecule has 1 aliphatic heterocycles. The number of hydrogen-bond donors (Lipinski definition) is 0. The molecule has 5 unspecified atom stereocenters. The molecule has 0 aromatic heterocycles. The first-order valence-corrected chi connectivity index (χ1v) is 28.0. The summed E-state index contributed by atoms with van der Waals surface area (Å²) >= 11 is 8.61. The second-order valence-corrected chi connectivity index (χ2v) is 28.1. The fourth-order valence-corrected chi connectivity index (χ4v) is 15.7. The maximum absolute atomic E-state index is 4.31. The Bertz CT molecular complexity index is 3730. The second kappa shape index (κ2) is 14.4. The third kappa shape index (κ3) is 5.89. The fraction of sp³-hybridized carbons (Fsp3) is 0.324. The summed E-state index contributed by atoms with van der Waals surface area (Å²) in [4.78, 5) is 5.20. The topological polar surface area (TPSA) is 6.48 Å². The summed E-state index contributed by atoms with van der Waals surface area (Å²) in [5, 5.41) is 2.54. The van der Waals surface area contributed by atoms with E-state index in [9.17, 15) is 0 Å². The van der Waals surface area contributed by atoms with Gasteiger partial charge in [-0.2, -0.15) is 0 Å². The van der Waals surface area contributed by atoms with Crippen LogP contribution in [0.25, 0.3) is 10.8 Å². The Morgan fingerprint density at radius 1 is 0.375 bits per heavy atom. The smallest absolute Gasteiger partial charge is 0.100 e. The lowest BCUT2D eigenvalue weighted by Crippen LogP contribution is -2.53. The summed E-state index contributed by atoms with van der Waals surface area (Å²) in [7, 11) is 0. The molecule has 1 spiro atoms. The van der Waals surface area contributed by atoms with Gasteiger partial charge in [-0.3, -0.25) is 0 Å². The minimum absolute atomic E-state index is 0.0469. The summed E-state index contributed by atoms with van der Waals surface area (Å²) in [5.74, 6) is 0.939. The van der Waals surface area contributed by atoms with E-state index in [1.165, 1.54) is 111 Å². The minimum Gasteiger partial charge on any atom is -0.321 e. The lowest BCUT2D eigenvalue weighted by Gasteiger charge is -2.59. The van der Waals surface area contributed by atoms with Crippen LogP contribution in [0.4, 0.5) is 22.7 Å². The summed E-state index contributed by atoms with van der Waals surface area (Å²) in [5.41, 5.74) is 28.5. The molecule has 8 aromatic carbocycles. The highest BCUT2D eigenvalue weighted by Crippen LogP contribution is 2.78. The molecule has 0 radical (unpaired) electrons. The molecular weight excluding hydrogens is 1000 g/mol. The highest BCUT2D eigenvalue weighted by molar-refractivity contribution is 9.11. The van der Waals surface area contributed by atoms with Crippen LogP contribution in [0.2, 0.25) is 0 Å². The number of benzene rings is 8. The molecule has 360 valence electrons. The third-order valence-electron chi connectivity index (χ3n) is 18.3. The zero-order chi connectivity index (χ0) is 50.1. The molecule has 0 saturated heterocycles. The molecule has 8 aromatic rings. The van der Waals surface area contributed by atoms with Crippen LogP contribution in [0.3, 0.4) is 0 Å². The molecule has 2 bridgehead atoms. The summed E-state index contributed by atoms with van der Waals surface area (Å²) in [6.45, 7) is 28.9. The molecule has 0 saturated carbocycles. The zero-order valence-corrected chi connectivity index (χ0v) is 47.0. The molecular formula is C68H64Br2N2. The van der Waals surface area contributed by atoms with Crippen LogP contribution >= 0.6 is 31.9 Å². The number of fused-ring (bicyclic) bond motifs is 7. The van der Waals surface area contributed by atoms with E-state index >= 15 is 0 Å². The van der Waals surface area contributed by atoms with E-state index in [4.69, 9.17) is 0 Å². The first-order chi connectivity index (χ1) is 34.0. The van der Waals surface area contributed by atoms with Gasteiger partial charge in [0.1, 0.15) is 6.67 Å². The first-order valence-electron chi connectivity index (χ1n) is 26.4. The van der Waals surface area contributed by atoms with Crippen molar-refractivity contribution < 1.29 is 0 Å². The van der Waals surface area contributed by atoms with Crippen molar-refractivity contribution in [3.63, 3.8) is 0 Å². The number of halogens is 2. The standard InChI is InChI=1S/C68H64Br2N2/c1-64(2,3)37-20-24-42-45(27-37)60-41-23-19-38(65(4,5)6)28-46(41)61(42)48-33-57(53(69)31-47(48)60)71-35-72(56-18-14-16-36-15-13-17-55(71)59(36)56)58-34-50-49(32-54(58)70)62-43-25-21-39(66(7,8)9)29-51(43)68(62)52-30-40(67(10,11)12)22-26-44(52)63(50)68/h13-34,60-63H,35H2,1-12H3. The molecule has 0 N–H and O–H groups in total. The summed E-state index contributed by atoms with van der Waals surface area (Å²) in [6, 6.07) is 53.7. The molecule has 15 rings (SSSR count). The Balaban J connectivity index is 0.932. The number of rotatable bonds is 2. The van der Waals surface area contributed by atoms with Crippen molar-refractivity contribution >= 4 is 65.4 Å². The van der Waals surface area contributed by atoms with Gasteiger partial charge in [0.2, 0.25) is 0 Å². The van der Waals surface area contributed by atoms with Gasteiger partial charge in [0.15, 0.2) is 0 Å². The second-order valence-electron chi connectivity index (χ2n) is 26.4. The minimum atomic E-state index is -0.0549. The summed E-state index contributed by atoms with van der Waals surface area (Å²) in [6.07, 6.45) is 0. The molecule has 4 heteroatoms. The molecule has 5 atom stereocenters. The van der Waals surface area contributed by atoms with Crippen LogP contribution in [0.5, 0.6) is 0 Å². The van der Waals surface area contributed by atoms with Crippen molar-refractivity contribution in [3.05, 3.63) is 231 Å². The maximum atomic E-state index is 4.31. The van der Waals surface area contributed by atoms with Crippen molar-refractivity contribution in [2.45, 2.75) is 134 Å². The quantitative estimate of drug-likeness (QED) is 0.170. The molecule has 1 heterocycles. The first kappa shape index (κ1) is 45.2. The Morgan fingerprint density at radius 2 is 0.736 bits per heavy atom. The van der Waals surface area contributed by atoms with E-state index in [0.29, 0.717) is 18.5 Å². The van der Waals surface area contributed by atoms with E-state index in [0.717, 1.165) is 8.95 Å². The lowest BCUT2D eigenvalue weighted by atomic mass is 9.42. The van der Waals surface area contributed by atoms with Crippen LogP contribution in [-0.2, 0) is 27.1 Å². The molecule has 0 amide bonds. The van der Waals surface area contributed by atoms with E-state index in [1.807, 2.05) is 0 Å². The van der Waals surface area contributed by atoms with Gasteiger partial charge in [-0.1, -0.05) is 180 Å². The fourth-order valence-electron chi connectivity index (χ4n) is 14.5. The normalized spacial score (nSPS) is 21.7. The Kier molecular flexibility index (Phi) is 9.07. The van der Waals surface area contributed by atoms with Crippen LogP contribution in [0.15, 0.2) is 142 Å². The highest BCUT2D eigenvalue weighted by atomic mass is 79.9. The van der Waals surface area contributed by atoms with Gasteiger partial charge in [-0.15, -0.1) is 0 Å². The molecule has 2 nitrogen and oxygen atoms in total. The largest absolute Gasteiger partial charge is 0.321 e. The van der Waals surface area contributed by atoms with Crippen molar-refractivity contribution in [2.24, 2.45) is 0 Å². The highest BCUT2D eigenvalue weighted by Gasteiger charge is 2.69. The molecule has 0 fully saturated rings. The van der Waals surface area contributed by atoms with E-state index in [1.54, 1.807) is 11.1 Å². The molecule has 6 aliphatic carbocycles. The average Bonchev–Trinajstić information content (AvgIpc) is 3.52. The third-order valence-corrected chi connectivity index (χ3v) is 19.5. The summed E-state index contributed by atoms with van der Waals surface area (Å²) < 4.78 is 2.28. The van der Waals surface area contributed by atoms with Crippen molar-refractivity contribution in [3.8, 4) is 0 Å². The van der Waals surface area contributed by atoms with E-state index in [-0.39, 0.29) is 38.9 Å². The predicted molar refractivity (Wildman–Crippen MR) is 308 cm³/mol. The van der Waals surface area contributed by atoms with Gasteiger partial charge in [-0.05, 0) is 184 Å². The van der Waals surface area contributed by atoms with Gasteiger partial charge >= 0.3 is 0 Å². The molecule has 7 aliphatic rings. The SMILES string of the molecule is CC(C)(C)c1ccc2c(c1)C1c3ccc(C(C)(C)C)cc3C2c2cc(N3CN(c4cc5c(cc4Br)C4c6ccc(C(C)(C)C)cc6C46c4cc(C(C)(C)C)ccc4C56)c4cccc5cccc3c45)c(Br)cc21. The average molecular weight is 1070 g/mol.